The summed E-state index contributed by atoms with van der Waals surface area (Å²) in [5, 5.41) is 9.13. The number of nitrogens with two attached hydrogens (primary N) is 1. The van der Waals surface area contributed by atoms with Crippen LogP contribution in [-0.4, -0.2) is 49.7 Å². The van der Waals surface area contributed by atoms with Crippen molar-refractivity contribution in [2.45, 2.75) is 30.9 Å². The Morgan fingerprint density at radius 3 is 2.76 bits per heavy atom. The largest absolute Gasteiger partial charge is 0.398 e. The van der Waals surface area contributed by atoms with E-state index in [1.54, 1.807) is 6.92 Å². The highest BCUT2D eigenvalue weighted by Gasteiger charge is 2.35. The number of rotatable bonds is 3. The van der Waals surface area contributed by atoms with Crippen LogP contribution in [0.25, 0.3) is 0 Å². The number of halogens is 1. The Kier molecular flexibility index (Phi) is 4.52. The Balaban J connectivity index is 2.41. The number of morpholine rings is 1. The van der Waals surface area contributed by atoms with Crippen molar-refractivity contribution in [1.82, 2.24) is 4.31 Å². The molecule has 0 spiro atoms. The highest BCUT2D eigenvalue weighted by molar-refractivity contribution is 7.89. The fourth-order valence-corrected chi connectivity index (χ4v) is 3.89. The standard InChI is InChI=1S/C13H19FN2O4S/c1-8-7-20-10(6-17)5-16(8)21(18,19)11-3-12(14)9(2)13(15)4-11/h3-4,8,10,17H,5-7,15H2,1-2H3. The first kappa shape index (κ1) is 16.2. The summed E-state index contributed by atoms with van der Waals surface area (Å²) in [6.45, 7) is 3.10. The molecule has 21 heavy (non-hydrogen) atoms. The average Bonchev–Trinajstić information content (AvgIpc) is 2.44. The van der Waals surface area contributed by atoms with Crippen LogP contribution in [0.15, 0.2) is 17.0 Å². The number of ether oxygens (including phenoxy) is 1. The fraction of sp³-hybridized carbons (Fsp3) is 0.538. The van der Waals surface area contributed by atoms with E-state index < -0.39 is 28.0 Å². The minimum absolute atomic E-state index is 0.0232. The summed E-state index contributed by atoms with van der Waals surface area (Å²) in [6, 6.07) is 1.82. The van der Waals surface area contributed by atoms with Gasteiger partial charge in [-0.2, -0.15) is 4.31 Å². The van der Waals surface area contributed by atoms with Crippen molar-refractivity contribution in [3.05, 3.63) is 23.5 Å². The molecule has 8 heteroatoms. The summed E-state index contributed by atoms with van der Waals surface area (Å²) in [4.78, 5) is -0.187. The number of hydrogen-bond donors (Lipinski definition) is 2. The summed E-state index contributed by atoms with van der Waals surface area (Å²) in [5.41, 5.74) is 5.96. The normalized spacial score (nSPS) is 24.2. The molecule has 6 nitrogen and oxygen atoms in total. The summed E-state index contributed by atoms with van der Waals surface area (Å²) in [7, 11) is -3.89. The average molecular weight is 318 g/mol. The van der Waals surface area contributed by atoms with Gasteiger partial charge in [0.2, 0.25) is 10.0 Å². The molecule has 0 aromatic heterocycles. The SMILES string of the molecule is Cc1c(N)cc(S(=O)(=O)N2CC(CO)OCC2C)cc1F. The van der Waals surface area contributed by atoms with Crippen LogP contribution in [0.5, 0.6) is 0 Å². The van der Waals surface area contributed by atoms with E-state index in [0.29, 0.717) is 0 Å². The van der Waals surface area contributed by atoms with Gasteiger partial charge in [-0.05, 0) is 26.0 Å². The molecule has 1 heterocycles. The van der Waals surface area contributed by atoms with E-state index in [4.69, 9.17) is 15.6 Å². The van der Waals surface area contributed by atoms with E-state index in [0.717, 1.165) is 6.07 Å². The zero-order valence-corrected chi connectivity index (χ0v) is 12.7. The van der Waals surface area contributed by atoms with Crippen LogP contribution in [0.1, 0.15) is 12.5 Å². The lowest BCUT2D eigenvalue weighted by molar-refractivity contribution is -0.0516. The molecule has 2 rings (SSSR count). The molecule has 2 unspecified atom stereocenters. The quantitative estimate of drug-likeness (QED) is 0.791. The van der Waals surface area contributed by atoms with Crippen molar-refractivity contribution < 1.29 is 22.7 Å². The summed E-state index contributed by atoms with van der Waals surface area (Å²) in [6.07, 6.45) is -0.580. The zero-order valence-electron chi connectivity index (χ0n) is 11.9. The smallest absolute Gasteiger partial charge is 0.243 e. The van der Waals surface area contributed by atoms with Crippen molar-refractivity contribution in [3.8, 4) is 0 Å². The number of aliphatic hydroxyl groups excluding tert-OH is 1. The topological polar surface area (TPSA) is 92.9 Å². The zero-order chi connectivity index (χ0) is 15.8. The van der Waals surface area contributed by atoms with Crippen LogP contribution in [-0.2, 0) is 14.8 Å². The Morgan fingerprint density at radius 1 is 1.52 bits per heavy atom. The first-order valence-electron chi connectivity index (χ1n) is 6.57. The van der Waals surface area contributed by atoms with Gasteiger partial charge < -0.3 is 15.6 Å². The maximum atomic E-state index is 13.7. The molecule has 1 aromatic carbocycles. The Labute approximate surface area is 123 Å². The second-order valence-corrected chi connectivity index (χ2v) is 7.07. The van der Waals surface area contributed by atoms with Gasteiger partial charge in [0.1, 0.15) is 5.82 Å². The van der Waals surface area contributed by atoms with Crippen LogP contribution in [0, 0.1) is 12.7 Å². The number of nitrogen functional groups attached to an aromatic ring is 1. The van der Waals surface area contributed by atoms with Gasteiger partial charge in [-0.15, -0.1) is 0 Å². The molecule has 3 N–H and O–H groups in total. The van der Waals surface area contributed by atoms with E-state index in [2.05, 4.69) is 0 Å². The maximum Gasteiger partial charge on any atom is 0.243 e. The molecule has 0 saturated carbocycles. The third-order valence-corrected chi connectivity index (χ3v) is 5.57. The number of benzene rings is 1. The minimum Gasteiger partial charge on any atom is -0.398 e. The first-order chi connectivity index (χ1) is 9.77. The van der Waals surface area contributed by atoms with Gasteiger partial charge in [0.15, 0.2) is 0 Å². The van der Waals surface area contributed by atoms with Gasteiger partial charge in [0, 0.05) is 23.8 Å². The van der Waals surface area contributed by atoms with Crippen LogP contribution in [0.3, 0.4) is 0 Å². The van der Waals surface area contributed by atoms with E-state index in [9.17, 15) is 12.8 Å². The lowest BCUT2D eigenvalue weighted by Gasteiger charge is -2.36. The highest BCUT2D eigenvalue weighted by atomic mass is 32.2. The second-order valence-electron chi connectivity index (χ2n) is 5.18. The molecule has 0 amide bonds. The van der Waals surface area contributed by atoms with Crippen LogP contribution >= 0.6 is 0 Å². The number of anilines is 1. The van der Waals surface area contributed by atoms with Gasteiger partial charge in [-0.3, -0.25) is 0 Å². The van der Waals surface area contributed by atoms with Gasteiger partial charge in [-0.25, -0.2) is 12.8 Å². The summed E-state index contributed by atoms with van der Waals surface area (Å²) < 4.78 is 45.6. The van der Waals surface area contributed by atoms with E-state index in [1.807, 2.05) is 0 Å². The van der Waals surface area contributed by atoms with Gasteiger partial charge in [0.25, 0.3) is 0 Å². The molecule has 0 bridgehead atoms. The van der Waals surface area contributed by atoms with E-state index >= 15 is 0 Å². The highest BCUT2D eigenvalue weighted by Crippen LogP contribution is 2.26. The third-order valence-electron chi connectivity index (χ3n) is 3.62. The van der Waals surface area contributed by atoms with Crippen molar-refractivity contribution in [2.75, 3.05) is 25.5 Å². The molecule has 1 saturated heterocycles. The number of sulfonamides is 1. The molecule has 1 aromatic rings. The third kappa shape index (κ3) is 3.03. The van der Waals surface area contributed by atoms with Gasteiger partial charge in [0.05, 0.1) is 24.2 Å². The van der Waals surface area contributed by atoms with Crippen LogP contribution < -0.4 is 5.73 Å². The van der Waals surface area contributed by atoms with Crippen LogP contribution in [0.2, 0.25) is 0 Å². The Morgan fingerprint density at radius 2 is 2.19 bits per heavy atom. The summed E-state index contributed by atoms with van der Waals surface area (Å²) >= 11 is 0. The molecule has 1 aliphatic rings. The predicted octanol–water partition coefficient (Wildman–Crippen LogP) is 0.487. The molecular weight excluding hydrogens is 299 g/mol. The number of nitrogens with zero attached hydrogens (tertiary/aromatic N) is 1. The molecule has 1 aliphatic heterocycles. The molecule has 1 fully saturated rings. The Hall–Kier alpha value is -1.22. The maximum absolute atomic E-state index is 13.7. The number of hydrogen-bond acceptors (Lipinski definition) is 5. The Bertz CT molecular complexity index is 612. The lowest BCUT2D eigenvalue weighted by atomic mass is 10.2. The molecule has 0 radical (unpaired) electrons. The van der Waals surface area contributed by atoms with E-state index in [-0.39, 0.29) is 35.9 Å². The first-order valence-corrected chi connectivity index (χ1v) is 8.01. The molecule has 2 atom stereocenters. The van der Waals surface area contributed by atoms with Gasteiger partial charge >= 0.3 is 0 Å². The summed E-state index contributed by atoms with van der Waals surface area (Å²) in [5.74, 6) is -0.659. The molecule has 118 valence electrons. The monoisotopic (exact) mass is 318 g/mol. The van der Waals surface area contributed by atoms with E-state index in [1.165, 1.54) is 17.3 Å². The predicted molar refractivity (Wildman–Crippen MR) is 75.7 cm³/mol. The fourth-order valence-electron chi connectivity index (χ4n) is 2.20. The van der Waals surface area contributed by atoms with Crippen molar-refractivity contribution in [3.63, 3.8) is 0 Å². The molecular formula is C13H19FN2O4S. The molecule has 0 aliphatic carbocycles. The van der Waals surface area contributed by atoms with Gasteiger partial charge in [-0.1, -0.05) is 0 Å². The number of aliphatic hydroxyl groups is 1. The second kappa shape index (κ2) is 5.88. The van der Waals surface area contributed by atoms with Crippen molar-refractivity contribution in [1.29, 1.82) is 0 Å². The lowest BCUT2D eigenvalue weighted by Crippen LogP contribution is -2.51. The van der Waals surface area contributed by atoms with Crippen LogP contribution in [0.4, 0.5) is 10.1 Å². The van der Waals surface area contributed by atoms with Crippen molar-refractivity contribution in [2.24, 2.45) is 0 Å². The minimum atomic E-state index is -3.89. The van der Waals surface area contributed by atoms with Crippen molar-refractivity contribution >= 4 is 15.7 Å².